The third-order valence-corrected chi connectivity index (χ3v) is 4.78. The second kappa shape index (κ2) is 6.92. The molecule has 6 nitrogen and oxygen atoms in total. The van der Waals surface area contributed by atoms with E-state index in [4.69, 9.17) is 4.52 Å². The smallest absolute Gasteiger partial charge is 0.252 e. The molecule has 0 saturated heterocycles. The first-order valence-corrected chi connectivity index (χ1v) is 8.56. The second-order valence-corrected chi connectivity index (χ2v) is 6.72. The van der Waals surface area contributed by atoms with Gasteiger partial charge in [0.15, 0.2) is 0 Å². The highest BCUT2D eigenvalue weighted by molar-refractivity contribution is 7.10. The van der Waals surface area contributed by atoms with Gasteiger partial charge in [-0.05, 0) is 31.0 Å². The molecule has 1 N–H and O–H groups in total. The van der Waals surface area contributed by atoms with E-state index < -0.39 is 0 Å². The third-order valence-electron chi connectivity index (χ3n) is 3.55. The zero-order valence-corrected chi connectivity index (χ0v) is 14.5. The summed E-state index contributed by atoms with van der Waals surface area (Å²) in [6.07, 6.45) is 3.33. The van der Waals surface area contributed by atoms with Gasteiger partial charge < -0.3 is 9.84 Å². The molecule has 7 heteroatoms. The SMILES string of the molecule is CC(C)c1cc(C(=O)N[C@H](C)c2nc(-c3ccncc3)no2)cs1. The lowest BCUT2D eigenvalue weighted by molar-refractivity contribution is 0.0933. The lowest BCUT2D eigenvalue weighted by atomic mass is 10.1. The molecule has 0 bridgehead atoms. The summed E-state index contributed by atoms with van der Waals surface area (Å²) in [5, 5.41) is 8.71. The lowest BCUT2D eigenvalue weighted by Gasteiger charge is -2.08. The van der Waals surface area contributed by atoms with E-state index in [-0.39, 0.29) is 11.9 Å². The summed E-state index contributed by atoms with van der Waals surface area (Å²) in [6.45, 7) is 6.03. The minimum absolute atomic E-state index is 0.144. The molecular formula is C17H18N4O2S. The van der Waals surface area contributed by atoms with Crippen LogP contribution in [-0.2, 0) is 0 Å². The average molecular weight is 342 g/mol. The predicted molar refractivity (Wildman–Crippen MR) is 91.8 cm³/mol. The van der Waals surface area contributed by atoms with Crippen LogP contribution in [0.15, 0.2) is 40.5 Å². The first kappa shape index (κ1) is 16.3. The molecule has 0 aliphatic carbocycles. The zero-order chi connectivity index (χ0) is 17.1. The highest BCUT2D eigenvalue weighted by atomic mass is 32.1. The summed E-state index contributed by atoms with van der Waals surface area (Å²) in [5.74, 6) is 1.11. The molecule has 0 fully saturated rings. The molecule has 0 saturated carbocycles. The number of amides is 1. The van der Waals surface area contributed by atoms with E-state index in [1.54, 1.807) is 35.9 Å². The van der Waals surface area contributed by atoms with Crippen LogP contribution >= 0.6 is 11.3 Å². The van der Waals surface area contributed by atoms with Crippen LogP contribution in [0.25, 0.3) is 11.4 Å². The number of carbonyl (C=O) groups is 1. The number of nitrogens with zero attached hydrogens (tertiary/aromatic N) is 3. The van der Waals surface area contributed by atoms with Gasteiger partial charge >= 0.3 is 0 Å². The van der Waals surface area contributed by atoms with Crippen molar-refractivity contribution in [2.45, 2.75) is 32.7 Å². The molecular weight excluding hydrogens is 324 g/mol. The first-order valence-electron chi connectivity index (χ1n) is 7.68. The van der Waals surface area contributed by atoms with Gasteiger partial charge in [0.05, 0.1) is 5.56 Å². The van der Waals surface area contributed by atoms with Gasteiger partial charge in [-0.1, -0.05) is 19.0 Å². The highest BCUT2D eigenvalue weighted by Gasteiger charge is 2.19. The van der Waals surface area contributed by atoms with Crippen LogP contribution in [0.2, 0.25) is 0 Å². The van der Waals surface area contributed by atoms with Crippen LogP contribution in [0, 0.1) is 0 Å². The van der Waals surface area contributed by atoms with Gasteiger partial charge in [-0.25, -0.2) is 0 Å². The molecule has 0 unspecified atom stereocenters. The van der Waals surface area contributed by atoms with Crippen molar-refractivity contribution in [3.05, 3.63) is 52.3 Å². The van der Waals surface area contributed by atoms with E-state index >= 15 is 0 Å². The van der Waals surface area contributed by atoms with Crippen LogP contribution < -0.4 is 5.32 Å². The Balaban J connectivity index is 1.69. The molecule has 1 amide bonds. The number of thiophene rings is 1. The first-order chi connectivity index (χ1) is 11.5. The molecule has 0 spiro atoms. The van der Waals surface area contributed by atoms with Crippen LogP contribution in [0.3, 0.4) is 0 Å². The Kier molecular flexibility index (Phi) is 4.71. The van der Waals surface area contributed by atoms with Crippen molar-refractivity contribution in [3.63, 3.8) is 0 Å². The van der Waals surface area contributed by atoms with Gasteiger partial charge in [-0.15, -0.1) is 11.3 Å². The third kappa shape index (κ3) is 3.51. The molecule has 124 valence electrons. The standard InChI is InChI=1S/C17H18N4O2S/c1-10(2)14-8-13(9-24-14)16(22)19-11(3)17-20-15(21-23-17)12-4-6-18-7-5-12/h4-11H,1-3H3,(H,19,22)/t11-/m1/s1. The van der Waals surface area contributed by atoms with Crippen LogP contribution in [0.1, 0.15) is 53.9 Å². The molecule has 24 heavy (non-hydrogen) atoms. The monoisotopic (exact) mass is 342 g/mol. The minimum atomic E-state index is -0.372. The number of rotatable bonds is 5. The van der Waals surface area contributed by atoms with Crippen LogP contribution in [0.4, 0.5) is 0 Å². The van der Waals surface area contributed by atoms with Crippen molar-refractivity contribution in [3.8, 4) is 11.4 Å². The van der Waals surface area contributed by atoms with Crippen molar-refractivity contribution >= 4 is 17.2 Å². The van der Waals surface area contributed by atoms with E-state index in [1.807, 2.05) is 18.4 Å². The van der Waals surface area contributed by atoms with Gasteiger partial charge in [-0.2, -0.15) is 4.98 Å². The second-order valence-electron chi connectivity index (χ2n) is 5.78. The summed E-state index contributed by atoms with van der Waals surface area (Å²) in [7, 11) is 0. The molecule has 1 atom stereocenters. The fourth-order valence-corrected chi connectivity index (χ4v) is 3.05. The van der Waals surface area contributed by atoms with Gasteiger partial charge in [0.25, 0.3) is 5.91 Å². The predicted octanol–water partition coefficient (Wildman–Crippen LogP) is 3.81. The van der Waals surface area contributed by atoms with Crippen molar-refractivity contribution in [2.75, 3.05) is 0 Å². The summed E-state index contributed by atoms with van der Waals surface area (Å²) in [5.41, 5.74) is 1.47. The summed E-state index contributed by atoms with van der Waals surface area (Å²) in [4.78, 5) is 21.8. The zero-order valence-electron chi connectivity index (χ0n) is 13.7. The van der Waals surface area contributed by atoms with Crippen molar-refractivity contribution in [2.24, 2.45) is 0 Å². The molecule has 0 aliphatic rings. The molecule has 3 aromatic heterocycles. The van der Waals surface area contributed by atoms with Crippen molar-refractivity contribution < 1.29 is 9.32 Å². The molecule has 0 aromatic carbocycles. The largest absolute Gasteiger partial charge is 0.340 e. The Bertz CT molecular complexity index is 826. The van der Waals surface area contributed by atoms with Gasteiger partial charge in [0, 0.05) is 28.2 Å². The Hall–Kier alpha value is -2.54. The minimum Gasteiger partial charge on any atom is -0.340 e. The number of aromatic nitrogens is 3. The molecule has 3 rings (SSSR count). The Labute approximate surface area is 143 Å². The van der Waals surface area contributed by atoms with Crippen molar-refractivity contribution in [1.82, 2.24) is 20.4 Å². The number of pyridine rings is 1. The van der Waals surface area contributed by atoms with Crippen LogP contribution in [-0.4, -0.2) is 21.0 Å². The quantitative estimate of drug-likeness (QED) is 0.762. The maximum Gasteiger partial charge on any atom is 0.252 e. The van der Waals surface area contributed by atoms with E-state index in [0.29, 0.717) is 23.2 Å². The highest BCUT2D eigenvalue weighted by Crippen LogP contribution is 2.24. The molecule has 0 radical (unpaired) electrons. The summed E-state index contributed by atoms with van der Waals surface area (Å²) < 4.78 is 5.27. The fraction of sp³-hybridized carbons (Fsp3) is 0.294. The maximum atomic E-state index is 12.3. The number of hydrogen-bond acceptors (Lipinski definition) is 6. The normalized spacial score (nSPS) is 12.3. The topological polar surface area (TPSA) is 80.9 Å². The van der Waals surface area contributed by atoms with E-state index in [1.165, 1.54) is 4.88 Å². The number of carbonyl (C=O) groups excluding carboxylic acids is 1. The van der Waals surface area contributed by atoms with Gasteiger partial charge in [0.1, 0.15) is 6.04 Å². The fourth-order valence-electron chi connectivity index (χ4n) is 2.15. The van der Waals surface area contributed by atoms with Gasteiger partial charge in [0.2, 0.25) is 11.7 Å². The van der Waals surface area contributed by atoms with Gasteiger partial charge in [-0.3, -0.25) is 9.78 Å². The molecule has 0 aliphatic heterocycles. The molecule has 3 aromatic rings. The van der Waals surface area contributed by atoms with E-state index in [0.717, 1.165) is 5.56 Å². The number of hydrogen-bond donors (Lipinski definition) is 1. The number of nitrogens with one attached hydrogen (secondary N) is 1. The van der Waals surface area contributed by atoms with Crippen LogP contribution in [0.5, 0.6) is 0 Å². The lowest BCUT2D eigenvalue weighted by Crippen LogP contribution is -2.26. The Morgan fingerprint density at radius 2 is 2.00 bits per heavy atom. The van der Waals surface area contributed by atoms with E-state index in [9.17, 15) is 4.79 Å². The Morgan fingerprint density at radius 1 is 1.25 bits per heavy atom. The summed E-state index contributed by atoms with van der Waals surface area (Å²) >= 11 is 1.59. The average Bonchev–Trinajstić information content (AvgIpc) is 3.25. The van der Waals surface area contributed by atoms with Crippen molar-refractivity contribution in [1.29, 1.82) is 0 Å². The van der Waals surface area contributed by atoms with E-state index in [2.05, 4.69) is 34.3 Å². The molecule has 3 heterocycles. The summed E-state index contributed by atoms with van der Waals surface area (Å²) in [6, 6.07) is 5.16. The maximum absolute atomic E-state index is 12.3. The Morgan fingerprint density at radius 3 is 2.67 bits per heavy atom.